The Morgan fingerprint density at radius 1 is 0.884 bits per heavy atom. The van der Waals surface area contributed by atoms with E-state index >= 15 is 0 Å². The Bertz CT molecular complexity index is 1670. The Morgan fingerprint density at radius 3 is 2.16 bits per heavy atom. The number of rotatable bonds is 12. The minimum absolute atomic E-state index is 0.0109. The van der Waals surface area contributed by atoms with Crippen LogP contribution < -0.4 is 9.62 Å². The fourth-order valence-corrected chi connectivity index (χ4v) is 6.34. The van der Waals surface area contributed by atoms with Crippen LogP contribution in [0.15, 0.2) is 108 Å². The molecule has 7 nitrogen and oxygen atoms in total. The molecule has 0 aliphatic carbocycles. The quantitative estimate of drug-likeness (QED) is 0.218. The Kier molecular flexibility index (Phi) is 10.6. The molecule has 10 heteroatoms. The Labute approximate surface area is 257 Å². The molecule has 224 valence electrons. The smallest absolute Gasteiger partial charge is 0.264 e. The number of carbonyl (C=O) groups is 2. The van der Waals surface area contributed by atoms with E-state index < -0.39 is 34.3 Å². The maximum Gasteiger partial charge on any atom is 0.264 e. The lowest BCUT2D eigenvalue weighted by molar-refractivity contribution is -0.140. The molecule has 43 heavy (non-hydrogen) atoms. The van der Waals surface area contributed by atoms with Crippen LogP contribution in [0.2, 0.25) is 5.02 Å². The van der Waals surface area contributed by atoms with Gasteiger partial charge in [0.15, 0.2) is 0 Å². The van der Waals surface area contributed by atoms with Crippen LogP contribution in [0.1, 0.15) is 23.6 Å². The maximum atomic E-state index is 14.3. The molecular formula is C33H33ClFN3O4S. The second-order valence-corrected chi connectivity index (χ2v) is 12.3. The van der Waals surface area contributed by atoms with Gasteiger partial charge >= 0.3 is 0 Å². The molecule has 0 saturated carbocycles. The van der Waals surface area contributed by atoms with Crippen LogP contribution in [0.3, 0.4) is 0 Å². The molecule has 4 aromatic carbocycles. The van der Waals surface area contributed by atoms with Crippen molar-refractivity contribution in [2.75, 3.05) is 17.4 Å². The van der Waals surface area contributed by atoms with Crippen molar-refractivity contribution >= 4 is 39.1 Å². The van der Waals surface area contributed by atoms with Gasteiger partial charge in [-0.05, 0) is 55.3 Å². The van der Waals surface area contributed by atoms with Crippen LogP contribution >= 0.6 is 11.6 Å². The van der Waals surface area contributed by atoms with Crippen LogP contribution in [0.4, 0.5) is 10.1 Å². The van der Waals surface area contributed by atoms with Gasteiger partial charge in [0, 0.05) is 19.5 Å². The van der Waals surface area contributed by atoms with E-state index in [-0.39, 0.29) is 34.5 Å². The third-order valence-electron chi connectivity index (χ3n) is 6.86. The first-order valence-electron chi connectivity index (χ1n) is 13.8. The summed E-state index contributed by atoms with van der Waals surface area (Å²) in [6.07, 6.45) is 0.206. The molecule has 0 fully saturated rings. The highest BCUT2D eigenvalue weighted by atomic mass is 35.5. The number of aryl methyl sites for hydroxylation is 1. The molecule has 4 aromatic rings. The normalized spacial score (nSPS) is 11.9. The lowest BCUT2D eigenvalue weighted by Gasteiger charge is -2.34. The van der Waals surface area contributed by atoms with E-state index in [0.717, 1.165) is 27.1 Å². The van der Waals surface area contributed by atoms with Gasteiger partial charge in [0.2, 0.25) is 11.8 Å². The van der Waals surface area contributed by atoms with Crippen molar-refractivity contribution in [3.05, 3.63) is 131 Å². The minimum atomic E-state index is -4.30. The van der Waals surface area contributed by atoms with E-state index in [1.54, 1.807) is 25.1 Å². The van der Waals surface area contributed by atoms with Gasteiger partial charge in [-0.25, -0.2) is 12.8 Å². The summed E-state index contributed by atoms with van der Waals surface area (Å²) in [5.74, 6) is -1.71. The predicted octanol–water partition coefficient (Wildman–Crippen LogP) is 5.76. The molecule has 0 radical (unpaired) electrons. The van der Waals surface area contributed by atoms with Crippen molar-refractivity contribution in [1.82, 2.24) is 10.2 Å². The number of halogens is 2. The summed E-state index contributed by atoms with van der Waals surface area (Å²) in [6.45, 7) is 3.46. The lowest BCUT2D eigenvalue weighted by Crippen LogP contribution is -2.53. The third kappa shape index (κ3) is 8.00. The number of nitrogens with zero attached hydrogens (tertiary/aromatic N) is 2. The first kappa shape index (κ1) is 31.7. The summed E-state index contributed by atoms with van der Waals surface area (Å²) >= 11 is 6.05. The molecule has 0 aromatic heterocycles. The molecule has 2 amide bonds. The number of anilines is 1. The minimum Gasteiger partial charge on any atom is -0.355 e. The second-order valence-electron chi connectivity index (χ2n) is 10.0. The van der Waals surface area contributed by atoms with Crippen molar-refractivity contribution in [2.24, 2.45) is 0 Å². The summed E-state index contributed by atoms with van der Waals surface area (Å²) in [7, 11) is -4.30. The lowest BCUT2D eigenvalue weighted by atomic mass is 10.0. The van der Waals surface area contributed by atoms with Crippen LogP contribution in [-0.2, 0) is 32.6 Å². The molecule has 0 aliphatic heterocycles. The molecular weight excluding hydrogens is 589 g/mol. The summed E-state index contributed by atoms with van der Waals surface area (Å²) in [6, 6.07) is 27.0. The number of hydrogen-bond donors (Lipinski definition) is 1. The number of amides is 2. The molecule has 0 unspecified atom stereocenters. The van der Waals surface area contributed by atoms with Crippen molar-refractivity contribution < 1.29 is 22.4 Å². The molecule has 0 spiro atoms. The standard InChI is InChI=1S/C33H33ClFN3O4S/c1-3-36-33(40)31(20-25-12-6-4-7-13-25)37(22-26-14-10-11-24(2)19-26)32(39)23-38(27-17-18-30(35)29(34)21-27)43(41,42)28-15-8-5-9-16-28/h4-19,21,31H,3,20,22-23H2,1-2H3,(H,36,40)/t31-/m1/s1. The largest absolute Gasteiger partial charge is 0.355 e. The van der Waals surface area contributed by atoms with Gasteiger partial charge in [0.1, 0.15) is 18.4 Å². The number of benzene rings is 4. The number of likely N-dealkylation sites (N-methyl/N-ethyl adjacent to an activating group) is 1. The highest BCUT2D eigenvalue weighted by Crippen LogP contribution is 2.28. The average Bonchev–Trinajstić information content (AvgIpc) is 3.00. The highest BCUT2D eigenvalue weighted by Gasteiger charge is 2.34. The molecule has 0 saturated heterocycles. The summed E-state index contributed by atoms with van der Waals surface area (Å²) in [5, 5.41) is 2.54. The SMILES string of the molecule is CCNC(=O)[C@@H](Cc1ccccc1)N(Cc1cccc(C)c1)C(=O)CN(c1ccc(F)c(Cl)c1)S(=O)(=O)c1ccccc1. The van der Waals surface area contributed by atoms with Crippen molar-refractivity contribution in [2.45, 2.75) is 37.8 Å². The van der Waals surface area contributed by atoms with Crippen molar-refractivity contribution in [3.63, 3.8) is 0 Å². The van der Waals surface area contributed by atoms with E-state index in [2.05, 4.69) is 5.32 Å². The number of sulfonamides is 1. The first-order valence-corrected chi connectivity index (χ1v) is 15.6. The van der Waals surface area contributed by atoms with Gasteiger partial charge in [-0.2, -0.15) is 0 Å². The first-order chi connectivity index (χ1) is 20.6. The maximum absolute atomic E-state index is 14.3. The van der Waals surface area contributed by atoms with Crippen LogP contribution in [-0.4, -0.2) is 44.3 Å². The van der Waals surface area contributed by atoms with Crippen LogP contribution in [0.5, 0.6) is 0 Å². The van der Waals surface area contributed by atoms with Gasteiger partial charge in [0.25, 0.3) is 10.0 Å². The van der Waals surface area contributed by atoms with Crippen molar-refractivity contribution in [3.8, 4) is 0 Å². The molecule has 0 aliphatic rings. The highest BCUT2D eigenvalue weighted by molar-refractivity contribution is 7.92. The third-order valence-corrected chi connectivity index (χ3v) is 8.94. The predicted molar refractivity (Wildman–Crippen MR) is 167 cm³/mol. The van der Waals surface area contributed by atoms with Gasteiger partial charge < -0.3 is 10.2 Å². The van der Waals surface area contributed by atoms with E-state index in [1.165, 1.54) is 29.2 Å². The van der Waals surface area contributed by atoms with Gasteiger partial charge in [-0.15, -0.1) is 0 Å². The Hall–Kier alpha value is -4.21. The van der Waals surface area contributed by atoms with Gasteiger partial charge in [0.05, 0.1) is 15.6 Å². The molecule has 4 rings (SSSR count). The van der Waals surface area contributed by atoms with Gasteiger partial charge in [-0.3, -0.25) is 13.9 Å². The van der Waals surface area contributed by atoms with E-state index in [4.69, 9.17) is 11.6 Å². The van der Waals surface area contributed by atoms with Crippen LogP contribution in [0, 0.1) is 12.7 Å². The topological polar surface area (TPSA) is 86.8 Å². The zero-order chi connectivity index (χ0) is 31.0. The van der Waals surface area contributed by atoms with E-state index in [9.17, 15) is 22.4 Å². The molecule has 0 heterocycles. The fourth-order valence-electron chi connectivity index (χ4n) is 4.74. The molecule has 1 atom stereocenters. The monoisotopic (exact) mass is 621 g/mol. The fraction of sp³-hybridized carbons (Fsp3) is 0.212. The zero-order valence-corrected chi connectivity index (χ0v) is 25.5. The Morgan fingerprint density at radius 2 is 1.53 bits per heavy atom. The van der Waals surface area contributed by atoms with E-state index in [0.29, 0.717) is 6.54 Å². The Balaban J connectivity index is 1.81. The number of carbonyl (C=O) groups excluding carboxylic acids is 2. The summed E-state index contributed by atoms with van der Waals surface area (Å²) in [4.78, 5) is 29.2. The summed E-state index contributed by atoms with van der Waals surface area (Å²) < 4.78 is 42.9. The number of hydrogen-bond acceptors (Lipinski definition) is 4. The van der Waals surface area contributed by atoms with Crippen LogP contribution in [0.25, 0.3) is 0 Å². The zero-order valence-electron chi connectivity index (χ0n) is 23.9. The second kappa shape index (κ2) is 14.3. The number of nitrogens with one attached hydrogen (secondary N) is 1. The molecule has 0 bridgehead atoms. The van der Waals surface area contributed by atoms with Crippen molar-refractivity contribution in [1.29, 1.82) is 0 Å². The molecule has 1 N–H and O–H groups in total. The van der Waals surface area contributed by atoms with E-state index in [1.807, 2.05) is 61.5 Å². The average molecular weight is 622 g/mol. The summed E-state index contributed by atoms with van der Waals surface area (Å²) in [5.41, 5.74) is 2.59. The van der Waals surface area contributed by atoms with Gasteiger partial charge in [-0.1, -0.05) is 90.0 Å².